The first-order valence-corrected chi connectivity index (χ1v) is 9.13. The molecular weight excluding hydrogens is 342 g/mol. The average Bonchev–Trinajstić information content (AvgIpc) is 2.55. The monoisotopic (exact) mass is 367 g/mol. The van der Waals surface area contributed by atoms with Gasteiger partial charge in [0, 0.05) is 24.7 Å². The predicted octanol–water partition coefficient (Wildman–Crippen LogP) is 3.73. The van der Waals surface area contributed by atoms with Crippen molar-refractivity contribution in [3.05, 3.63) is 38.9 Å². The maximum Gasteiger partial charge on any atom is 0.270 e. The van der Waals surface area contributed by atoms with E-state index in [1.54, 1.807) is 0 Å². The molecule has 1 aliphatic heterocycles. The molecule has 0 spiro atoms. The molecule has 1 amide bonds. The highest BCUT2D eigenvalue weighted by molar-refractivity contribution is 6.34. The van der Waals surface area contributed by atoms with Crippen LogP contribution in [0.15, 0.2) is 18.2 Å². The van der Waals surface area contributed by atoms with E-state index in [2.05, 4.69) is 31.0 Å². The van der Waals surface area contributed by atoms with Crippen LogP contribution in [0.25, 0.3) is 0 Å². The molecule has 1 N–H and O–H groups in total. The van der Waals surface area contributed by atoms with Gasteiger partial charge in [-0.25, -0.2) is 0 Å². The number of benzene rings is 1. The van der Waals surface area contributed by atoms with E-state index >= 15 is 0 Å². The quantitative estimate of drug-likeness (QED) is 0.614. The van der Waals surface area contributed by atoms with Gasteiger partial charge in [-0.1, -0.05) is 32.4 Å². The fourth-order valence-electron chi connectivity index (χ4n) is 3.24. The van der Waals surface area contributed by atoms with Crippen molar-refractivity contribution in [3.63, 3.8) is 0 Å². The number of nitro benzene ring substituents is 1. The Labute approximate surface area is 153 Å². The molecule has 2 rings (SSSR count). The summed E-state index contributed by atoms with van der Waals surface area (Å²) < 4.78 is 0. The number of non-ortho nitro benzene ring substituents is 1. The lowest BCUT2D eigenvalue weighted by atomic mass is 9.94. The van der Waals surface area contributed by atoms with Gasteiger partial charge in [0.15, 0.2) is 0 Å². The number of nitrogens with one attached hydrogen (secondary N) is 1. The molecule has 0 aliphatic carbocycles. The van der Waals surface area contributed by atoms with E-state index in [1.165, 1.54) is 31.0 Å². The minimum absolute atomic E-state index is 0.0968. The number of piperidine rings is 1. The zero-order chi connectivity index (χ0) is 18.6. The number of amides is 1. The number of likely N-dealkylation sites (tertiary alicyclic amines) is 1. The number of carbonyl (C=O) groups excluding carboxylic acids is 1. The van der Waals surface area contributed by atoms with Crippen LogP contribution >= 0.6 is 11.6 Å². The first-order valence-electron chi connectivity index (χ1n) is 8.75. The van der Waals surface area contributed by atoms with Gasteiger partial charge < -0.3 is 5.32 Å². The van der Waals surface area contributed by atoms with Crippen LogP contribution in [-0.2, 0) is 0 Å². The van der Waals surface area contributed by atoms with E-state index in [1.807, 2.05) is 0 Å². The summed E-state index contributed by atoms with van der Waals surface area (Å²) >= 11 is 6.04. The third kappa shape index (κ3) is 5.16. The Kier molecular flexibility index (Phi) is 6.79. The molecule has 138 valence electrons. The number of nitrogens with zero attached hydrogens (tertiary/aromatic N) is 2. The molecule has 0 aromatic heterocycles. The molecule has 0 saturated carbocycles. The minimum atomic E-state index is -0.528. The van der Waals surface area contributed by atoms with Crippen molar-refractivity contribution in [2.45, 2.75) is 39.7 Å². The van der Waals surface area contributed by atoms with Crippen molar-refractivity contribution in [1.29, 1.82) is 0 Å². The summed E-state index contributed by atoms with van der Waals surface area (Å²) in [4.78, 5) is 25.1. The predicted molar refractivity (Wildman–Crippen MR) is 99.0 cm³/mol. The molecule has 7 heteroatoms. The van der Waals surface area contributed by atoms with E-state index in [0.717, 1.165) is 19.0 Å². The van der Waals surface area contributed by atoms with Gasteiger partial charge >= 0.3 is 0 Å². The van der Waals surface area contributed by atoms with Gasteiger partial charge in [0.25, 0.3) is 11.6 Å². The molecule has 1 aromatic rings. The maximum atomic E-state index is 12.4. The van der Waals surface area contributed by atoms with Crippen molar-refractivity contribution in [1.82, 2.24) is 10.2 Å². The van der Waals surface area contributed by atoms with Crippen LogP contribution < -0.4 is 5.32 Å². The Morgan fingerprint density at radius 1 is 1.40 bits per heavy atom. The number of rotatable bonds is 6. The zero-order valence-corrected chi connectivity index (χ0v) is 15.8. The van der Waals surface area contributed by atoms with Gasteiger partial charge in [0.2, 0.25) is 0 Å². The molecule has 1 heterocycles. The van der Waals surface area contributed by atoms with Crippen LogP contribution in [0, 0.1) is 22.0 Å². The van der Waals surface area contributed by atoms with Crippen LogP contribution in [0.4, 0.5) is 5.69 Å². The molecule has 1 aliphatic rings. The Balaban J connectivity index is 2.00. The van der Waals surface area contributed by atoms with Gasteiger partial charge in [-0.2, -0.15) is 0 Å². The molecule has 1 fully saturated rings. The number of hydrogen-bond acceptors (Lipinski definition) is 4. The molecule has 1 unspecified atom stereocenters. The van der Waals surface area contributed by atoms with Crippen molar-refractivity contribution >= 4 is 23.2 Å². The first kappa shape index (κ1) is 19.7. The number of nitro groups is 1. The third-order valence-electron chi connectivity index (χ3n) is 4.94. The highest BCUT2D eigenvalue weighted by Gasteiger charge is 2.26. The van der Waals surface area contributed by atoms with Crippen LogP contribution in [0.3, 0.4) is 0 Å². The van der Waals surface area contributed by atoms with Gasteiger partial charge in [0.1, 0.15) is 0 Å². The van der Waals surface area contributed by atoms with Crippen LogP contribution in [0.2, 0.25) is 5.02 Å². The number of carbonyl (C=O) groups is 1. The summed E-state index contributed by atoms with van der Waals surface area (Å²) in [5, 5.41) is 13.8. The molecule has 0 radical (unpaired) electrons. The van der Waals surface area contributed by atoms with Crippen molar-refractivity contribution in [2.75, 3.05) is 19.6 Å². The Morgan fingerprint density at radius 2 is 2.04 bits per heavy atom. The van der Waals surface area contributed by atoms with Crippen LogP contribution in [-0.4, -0.2) is 41.4 Å². The third-order valence-corrected chi connectivity index (χ3v) is 5.25. The Hall–Kier alpha value is -1.66. The summed E-state index contributed by atoms with van der Waals surface area (Å²) in [5.74, 6) is 0.884. The fraction of sp³-hybridized carbons (Fsp3) is 0.611. The maximum absolute atomic E-state index is 12.4. The molecular formula is C18H26ClN3O3. The van der Waals surface area contributed by atoms with Gasteiger partial charge in [-0.3, -0.25) is 19.8 Å². The molecule has 1 atom stereocenters. The second-order valence-electron chi connectivity index (χ2n) is 7.16. The van der Waals surface area contributed by atoms with Gasteiger partial charge in [-0.15, -0.1) is 0 Å². The standard InChI is InChI=1S/C18H26ClN3O3/c1-12(2)17(21-8-6-13(3)7-9-21)11-20-18(23)15-5-4-14(22(24)25)10-16(15)19/h4-5,10,12-13,17H,6-9,11H2,1-3H3,(H,20,23). The second kappa shape index (κ2) is 8.63. The molecule has 25 heavy (non-hydrogen) atoms. The van der Waals surface area contributed by atoms with Crippen LogP contribution in [0.5, 0.6) is 0 Å². The van der Waals surface area contributed by atoms with E-state index in [-0.39, 0.29) is 28.2 Å². The molecule has 6 nitrogen and oxygen atoms in total. The first-order chi connectivity index (χ1) is 11.8. The summed E-state index contributed by atoms with van der Waals surface area (Å²) in [7, 11) is 0. The normalized spacial score (nSPS) is 17.5. The van der Waals surface area contributed by atoms with Crippen molar-refractivity contribution in [3.8, 4) is 0 Å². The molecule has 0 bridgehead atoms. The Morgan fingerprint density at radius 3 is 2.56 bits per heavy atom. The Bertz CT molecular complexity index is 628. The SMILES string of the molecule is CC1CCN(C(CNC(=O)c2ccc([N+](=O)[O-])cc2Cl)C(C)C)CC1. The largest absolute Gasteiger partial charge is 0.350 e. The van der Waals surface area contributed by atoms with E-state index in [4.69, 9.17) is 11.6 Å². The minimum Gasteiger partial charge on any atom is -0.350 e. The van der Waals surface area contributed by atoms with Gasteiger partial charge in [-0.05, 0) is 43.8 Å². The topological polar surface area (TPSA) is 75.5 Å². The summed E-state index contributed by atoms with van der Waals surface area (Å²) in [6.07, 6.45) is 2.37. The lowest BCUT2D eigenvalue weighted by molar-refractivity contribution is -0.384. The smallest absolute Gasteiger partial charge is 0.270 e. The lowest BCUT2D eigenvalue weighted by Crippen LogP contribution is -2.49. The summed E-state index contributed by atoms with van der Waals surface area (Å²) in [6, 6.07) is 4.19. The highest BCUT2D eigenvalue weighted by atomic mass is 35.5. The number of halogens is 1. The van der Waals surface area contributed by atoms with E-state index < -0.39 is 4.92 Å². The highest BCUT2D eigenvalue weighted by Crippen LogP contribution is 2.23. The lowest BCUT2D eigenvalue weighted by Gasteiger charge is -2.38. The summed E-state index contributed by atoms with van der Waals surface area (Å²) in [5.41, 5.74) is 0.145. The average molecular weight is 368 g/mol. The fourth-order valence-corrected chi connectivity index (χ4v) is 3.50. The van der Waals surface area contributed by atoms with Crippen molar-refractivity contribution < 1.29 is 9.72 Å². The summed E-state index contributed by atoms with van der Waals surface area (Å²) in [6.45, 7) is 9.25. The van der Waals surface area contributed by atoms with Gasteiger partial charge in [0.05, 0.1) is 15.5 Å². The van der Waals surface area contributed by atoms with E-state index in [9.17, 15) is 14.9 Å². The second-order valence-corrected chi connectivity index (χ2v) is 7.57. The molecule has 1 aromatic carbocycles. The molecule has 1 saturated heterocycles. The van der Waals surface area contributed by atoms with Crippen LogP contribution in [0.1, 0.15) is 44.0 Å². The van der Waals surface area contributed by atoms with Crippen molar-refractivity contribution in [2.24, 2.45) is 11.8 Å². The number of hydrogen-bond donors (Lipinski definition) is 1. The zero-order valence-electron chi connectivity index (χ0n) is 15.0. The van der Waals surface area contributed by atoms with E-state index in [0.29, 0.717) is 12.5 Å².